The molecule has 0 N–H and O–H groups in total. The average Bonchev–Trinajstić information content (AvgIpc) is 2.73. The highest BCUT2D eigenvalue weighted by Crippen LogP contribution is 2.43. The van der Waals surface area contributed by atoms with Gasteiger partial charge in [0.15, 0.2) is 0 Å². The lowest BCUT2D eigenvalue weighted by molar-refractivity contribution is 0.694. The van der Waals surface area contributed by atoms with Gasteiger partial charge in [-0.2, -0.15) is 0 Å². The van der Waals surface area contributed by atoms with Crippen molar-refractivity contribution in [2.75, 3.05) is 0 Å². The maximum atomic E-state index is 6.38. The first-order valence-electron chi connectivity index (χ1n) is 9.33. The zero-order chi connectivity index (χ0) is 19.3. The van der Waals surface area contributed by atoms with Crippen LogP contribution in [0.1, 0.15) is 34.1 Å². The number of halogens is 2. The first-order valence-corrected chi connectivity index (χ1v) is 10.1. The molecule has 4 aromatic carbocycles. The van der Waals surface area contributed by atoms with E-state index < -0.39 is 0 Å². The minimum absolute atomic E-state index is 0.112. The van der Waals surface area contributed by atoms with Gasteiger partial charge in [0, 0.05) is 21.9 Å². The third kappa shape index (κ3) is 4.14. The number of hydrogen-bond donors (Lipinski definition) is 0. The topological polar surface area (TPSA) is 0 Å². The van der Waals surface area contributed by atoms with E-state index in [4.69, 9.17) is 23.2 Å². The molecule has 0 radical (unpaired) electrons. The van der Waals surface area contributed by atoms with E-state index in [2.05, 4.69) is 84.9 Å². The molecule has 0 fully saturated rings. The predicted octanol–water partition coefficient (Wildman–Crippen LogP) is 7.96. The van der Waals surface area contributed by atoms with Crippen LogP contribution in [-0.2, 0) is 0 Å². The van der Waals surface area contributed by atoms with Gasteiger partial charge >= 0.3 is 0 Å². The van der Waals surface area contributed by atoms with Crippen LogP contribution in [0.15, 0.2) is 109 Å². The molecule has 0 amide bonds. The molecule has 2 atom stereocenters. The van der Waals surface area contributed by atoms with Gasteiger partial charge in [0.2, 0.25) is 0 Å². The van der Waals surface area contributed by atoms with Crippen molar-refractivity contribution >= 4 is 23.2 Å². The Labute approximate surface area is 176 Å². The van der Waals surface area contributed by atoms with Gasteiger partial charge in [-0.15, -0.1) is 0 Å². The van der Waals surface area contributed by atoms with Crippen molar-refractivity contribution in [3.63, 3.8) is 0 Å². The van der Waals surface area contributed by atoms with E-state index in [0.717, 1.165) is 10.0 Å². The molecule has 0 aromatic heterocycles. The van der Waals surface area contributed by atoms with Crippen LogP contribution in [0.5, 0.6) is 0 Å². The van der Waals surface area contributed by atoms with Gasteiger partial charge in [0.25, 0.3) is 0 Å². The molecule has 0 unspecified atom stereocenters. The standard InChI is InChI=1S/C26H20Cl2/c27-23-15-7-13-21(17-23)25(19-9-3-1-4-10-19)26(20-11-5-2-6-12-20)22-14-8-16-24(28)18-22/h1-18,25-26H/t25-,26-/m0/s1. The second-order valence-corrected chi connectivity index (χ2v) is 7.76. The molecule has 0 aliphatic carbocycles. The molecule has 2 heteroatoms. The summed E-state index contributed by atoms with van der Waals surface area (Å²) in [6.45, 7) is 0. The van der Waals surface area contributed by atoms with E-state index in [1.54, 1.807) is 0 Å². The van der Waals surface area contributed by atoms with Gasteiger partial charge in [-0.25, -0.2) is 0 Å². The molecule has 0 aliphatic heterocycles. The fourth-order valence-corrected chi connectivity index (χ4v) is 4.27. The second kappa shape index (κ2) is 8.65. The highest BCUT2D eigenvalue weighted by Gasteiger charge is 2.28. The van der Waals surface area contributed by atoms with Crippen LogP contribution in [0.2, 0.25) is 10.0 Å². The third-order valence-corrected chi connectivity index (χ3v) is 5.54. The molecule has 4 rings (SSSR count). The van der Waals surface area contributed by atoms with Crippen LogP contribution in [0.4, 0.5) is 0 Å². The van der Waals surface area contributed by atoms with Gasteiger partial charge in [0.1, 0.15) is 0 Å². The van der Waals surface area contributed by atoms with Gasteiger partial charge in [0.05, 0.1) is 0 Å². The van der Waals surface area contributed by atoms with Crippen molar-refractivity contribution in [1.29, 1.82) is 0 Å². The first kappa shape index (κ1) is 18.8. The van der Waals surface area contributed by atoms with Gasteiger partial charge in [-0.1, -0.05) is 108 Å². The smallest absolute Gasteiger partial charge is 0.0408 e. The summed E-state index contributed by atoms with van der Waals surface area (Å²) >= 11 is 12.8. The fraction of sp³-hybridized carbons (Fsp3) is 0.0769. The quantitative estimate of drug-likeness (QED) is 0.317. The molecular formula is C26H20Cl2. The molecule has 0 spiro atoms. The highest BCUT2D eigenvalue weighted by atomic mass is 35.5. The summed E-state index contributed by atoms with van der Waals surface area (Å²) in [6, 6.07) is 37.5. The van der Waals surface area contributed by atoms with E-state index >= 15 is 0 Å². The molecule has 0 saturated carbocycles. The third-order valence-electron chi connectivity index (χ3n) is 5.07. The summed E-state index contributed by atoms with van der Waals surface area (Å²) in [6.07, 6.45) is 0. The summed E-state index contributed by atoms with van der Waals surface area (Å²) in [5.41, 5.74) is 4.87. The number of hydrogen-bond acceptors (Lipinski definition) is 0. The molecule has 0 saturated heterocycles. The highest BCUT2D eigenvalue weighted by molar-refractivity contribution is 6.30. The van der Waals surface area contributed by atoms with Crippen molar-refractivity contribution < 1.29 is 0 Å². The zero-order valence-electron chi connectivity index (χ0n) is 15.3. The lowest BCUT2D eigenvalue weighted by Gasteiger charge is -2.29. The van der Waals surface area contributed by atoms with Crippen molar-refractivity contribution in [2.45, 2.75) is 11.8 Å². The van der Waals surface area contributed by atoms with E-state index in [0.29, 0.717) is 0 Å². The Kier molecular flexibility index (Phi) is 5.81. The van der Waals surface area contributed by atoms with Crippen LogP contribution in [-0.4, -0.2) is 0 Å². The molecule has 138 valence electrons. The first-order chi connectivity index (χ1) is 13.7. The minimum Gasteiger partial charge on any atom is -0.0843 e. The Morgan fingerprint density at radius 1 is 0.393 bits per heavy atom. The monoisotopic (exact) mass is 402 g/mol. The predicted molar refractivity (Wildman–Crippen MR) is 119 cm³/mol. The summed E-state index contributed by atoms with van der Waals surface area (Å²) in [7, 11) is 0. The maximum Gasteiger partial charge on any atom is 0.0408 e. The summed E-state index contributed by atoms with van der Waals surface area (Å²) < 4.78 is 0. The van der Waals surface area contributed by atoms with Crippen LogP contribution in [0.3, 0.4) is 0 Å². The van der Waals surface area contributed by atoms with Crippen LogP contribution < -0.4 is 0 Å². The van der Waals surface area contributed by atoms with Gasteiger partial charge in [-0.3, -0.25) is 0 Å². The fourth-order valence-electron chi connectivity index (χ4n) is 3.88. The molecule has 0 nitrogen and oxygen atoms in total. The van der Waals surface area contributed by atoms with Crippen LogP contribution in [0.25, 0.3) is 0 Å². The van der Waals surface area contributed by atoms with E-state index in [9.17, 15) is 0 Å². The average molecular weight is 403 g/mol. The lowest BCUT2D eigenvalue weighted by atomic mass is 9.74. The SMILES string of the molecule is Clc1cccc([C@H](c2ccccc2)[C@@H](c2ccccc2)c2cccc(Cl)c2)c1. The van der Waals surface area contributed by atoms with Crippen molar-refractivity contribution in [3.05, 3.63) is 141 Å². The van der Waals surface area contributed by atoms with Crippen molar-refractivity contribution in [2.24, 2.45) is 0 Å². The van der Waals surface area contributed by atoms with Crippen LogP contribution >= 0.6 is 23.2 Å². The van der Waals surface area contributed by atoms with E-state index in [1.807, 2.05) is 24.3 Å². The van der Waals surface area contributed by atoms with E-state index in [-0.39, 0.29) is 11.8 Å². The number of rotatable bonds is 5. The van der Waals surface area contributed by atoms with Gasteiger partial charge in [-0.05, 0) is 46.5 Å². The van der Waals surface area contributed by atoms with Gasteiger partial charge < -0.3 is 0 Å². The Hall–Kier alpha value is -2.54. The Balaban J connectivity index is 1.96. The van der Waals surface area contributed by atoms with E-state index in [1.165, 1.54) is 22.3 Å². The molecule has 4 aromatic rings. The maximum absolute atomic E-state index is 6.38. The Morgan fingerprint density at radius 2 is 0.750 bits per heavy atom. The summed E-state index contributed by atoms with van der Waals surface area (Å²) in [5.74, 6) is 0.224. The largest absolute Gasteiger partial charge is 0.0843 e. The van der Waals surface area contributed by atoms with Crippen molar-refractivity contribution in [3.8, 4) is 0 Å². The van der Waals surface area contributed by atoms with Crippen molar-refractivity contribution in [1.82, 2.24) is 0 Å². The molecule has 0 bridgehead atoms. The normalized spacial score (nSPS) is 13.1. The molecular weight excluding hydrogens is 383 g/mol. The second-order valence-electron chi connectivity index (χ2n) is 6.89. The molecule has 0 heterocycles. The van der Waals surface area contributed by atoms with Crippen LogP contribution in [0, 0.1) is 0 Å². The Morgan fingerprint density at radius 3 is 1.11 bits per heavy atom. The lowest BCUT2D eigenvalue weighted by Crippen LogP contribution is -2.14. The Bertz CT molecular complexity index is 955. The summed E-state index contributed by atoms with van der Waals surface area (Å²) in [5, 5.41) is 1.49. The summed E-state index contributed by atoms with van der Waals surface area (Å²) in [4.78, 5) is 0. The minimum atomic E-state index is 0.112. The number of benzene rings is 4. The molecule has 0 aliphatic rings. The zero-order valence-corrected chi connectivity index (χ0v) is 16.8. The molecule has 28 heavy (non-hydrogen) atoms.